The quantitative estimate of drug-likeness (QED) is 0.407. The maximum absolute atomic E-state index is 2.43. The van der Waals surface area contributed by atoms with Crippen LogP contribution in [0.3, 0.4) is 0 Å². The molecule has 0 nitrogen and oxygen atoms in total. The van der Waals surface area contributed by atoms with Crippen LogP contribution in [0.2, 0.25) is 0 Å². The molecule has 0 saturated heterocycles. The van der Waals surface area contributed by atoms with Crippen molar-refractivity contribution < 1.29 is 31.0 Å². The molecule has 25 heavy (non-hydrogen) atoms. The van der Waals surface area contributed by atoms with E-state index in [1.54, 1.807) is 0 Å². The summed E-state index contributed by atoms with van der Waals surface area (Å²) in [6.45, 7) is 2.28. The summed E-state index contributed by atoms with van der Waals surface area (Å²) in [5.41, 5.74) is 4.02. The minimum Gasteiger partial charge on any atom is -1.00 e. The molecule has 0 heterocycles. The van der Waals surface area contributed by atoms with Crippen LogP contribution >= 0.6 is 0 Å². The first kappa shape index (κ1) is 22.2. The van der Waals surface area contributed by atoms with Gasteiger partial charge in [0, 0.05) is 0 Å². The van der Waals surface area contributed by atoms with E-state index >= 15 is 0 Å². The molecule has 0 aromatic heterocycles. The Balaban J connectivity index is 0.00000312. The van der Waals surface area contributed by atoms with Crippen LogP contribution in [-0.4, -0.2) is 0 Å². The fourth-order valence-corrected chi connectivity index (χ4v) is 3.16. The summed E-state index contributed by atoms with van der Waals surface area (Å²) < 4.78 is 0. The predicted molar refractivity (Wildman–Crippen MR) is 108 cm³/mol. The van der Waals surface area contributed by atoms with Crippen molar-refractivity contribution in [3.63, 3.8) is 0 Å². The van der Waals surface area contributed by atoms with Gasteiger partial charge in [0.05, 0.1) is 0 Å². The minimum absolute atomic E-state index is 0. The molecule has 0 spiro atoms. The van der Waals surface area contributed by atoms with Gasteiger partial charge < -0.3 is 1.43 Å². The summed E-state index contributed by atoms with van der Waals surface area (Å²) in [5, 5.41) is 0. The zero-order valence-electron chi connectivity index (χ0n) is 17.2. The van der Waals surface area contributed by atoms with Gasteiger partial charge >= 0.3 is 29.6 Å². The molecule has 0 aliphatic heterocycles. The van der Waals surface area contributed by atoms with Gasteiger partial charge in [-0.05, 0) is 29.5 Å². The Kier molecular flexibility index (Phi) is 12.8. The van der Waals surface area contributed by atoms with E-state index in [1.807, 2.05) is 0 Å². The zero-order valence-corrected chi connectivity index (χ0v) is 18.2. The number of allylic oxidation sites excluding steroid dienone is 1. The summed E-state index contributed by atoms with van der Waals surface area (Å²) in [6, 6.07) is 21.5. The molecule has 0 bridgehead atoms. The minimum atomic E-state index is 0. The molecule has 0 atom stereocenters. The first-order chi connectivity index (χ1) is 11.9. The third kappa shape index (κ3) is 8.90. The van der Waals surface area contributed by atoms with Crippen LogP contribution in [0.5, 0.6) is 0 Å². The molecule has 130 valence electrons. The molecule has 0 aliphatic rings. The van der Waals surface area contributed by atoms with Crippen molar-refractivity contribution in [2.24, 2.45) is 0 Å². The fourth-order valence-electron chi connectivity index (χ4n) is 3.16. The molecular formula is C24H33Na. The Morgan fingerprint density at radius 1 is 0.680 bits per heavy atom. The van der Waals surface area contributed by atoms with Crippen molar-refractivity contribution in [2.75, 3.05) is 0 Å². The van der Waals surface area contributed by atoms with Gasteiger partial charge in [0.15, 0.2) is 0 Å². The summed E-state index contributed by atoms with van der Waals surface area (Å²) in [4.78, 5) is 0. The van der Waals surface area contributed by atoms with Crippen LogP contribution in [-0.2, 0) is 0 Å². The second kappa shape index (κ2) is 14.4. The van der Waals surface area contributed by atoms with Crippen molar-refractivity contribution >= 4 is 5.57 Å². The fraction of sp³-hybridized carbons (Fsp3) is 0.417. The van der Waals surface area contributed by atoms with Crippen molar-refractivity contribution in [2.45, 2.75) is 64.7 Å². The van der Waals surface area contributed by atoms with Crippen molar-refractivity contribution in [3.05, 3.63) is 77.9 Å². The molecule has 0 amide bonds. The predicted octanol–water partition coefficient (Wildman–Crippen LogP) is 4.77. The maximum Gasteiger partial charge on any atom is 1.00 e. The Morgan fingerprint density at radius 2 is 1.12 bits per heavy atom. The topological polar surface area (TPSA) is 0 Å². The van der Waals surface area contributed by atoms with Crippen LogP contribution in [0.4, 0.5) is 0 Å². The van der Waals surface area contributed by atoms with Crippen molar-refractivity contribution in [1.29, 1.82) is 0 Å². The monoisotopic (exact) mass is 344 g/mol. The number of hydrogen-bond acceptors (Lipinski definition) is 0. The normalized spacial score (nSPS) is 10.1. The average Bonchev–Trinajstić information content (AvgIpc) is 2.65. The summed E-state index contributed by atoms with van der Waals surface area (Å²) in [5.74, 6) is 0. The van der Waals surface area contributed by atoms with Crippen LogP contribution in [0.15, 0.2) is 66.7 Å². The molecule has 0 N–H and O–H groups in total. The van der Waals surface area contributed by atoms with E-state index in [4.69, 9.17) is 0 Å². The Labute approximate surface area is 178 Å². The van der Waals surface area contributed by atoms with Crippen LogP contribution < -0.4 is 29.6 Å². The molecule has 2 rings (SSSR count). The van der Waals surface area contributed by atoms with Crippen molar-refractivity contribution in [1.82, 2.24) is 0 Å². The number of unbranched alkanes of at least 4 members (excludes halogenated alkanes) is 8. The molecule has 0 saturated carbocycles. The van der Waals surface area contributed by atoms with E-state index in [0.717, 1.165) is 0 Å². The van der Waals surface area contributed by atoms with E-state index in [9.17, 15) is 0 Å². The number of hydrogen-bond donors (Lipinski definition) is 0. The summed E-state index contributed by atoms with van der Waals surface area (Å²) >= 11 is 0. The van der Waals surface area contributed by atoms with Crippen molar-refractivity contribution in [3.8, 4) is 0 Å². The first-order valence-electron chi connectivity index (χ1n) is 9.73. The molecule has 0 fully saturated rings. The van der Waals surface area contributed by atoms with Gasteiger partial charge in [-0.3, -0.25) is 0 Å². The Morgan fingerprint density at radius 3 is 1.60 bits per heavy atom. The molecule has 2 aromatic rings. The van der Waals surface area contributed by atoms with Gasteiger partial charge in [-0.2, -0.15) is 0 Å². The SMILES string of the molecule is CCCCCCCCCCC=C(c1ccccc1)c1ccccc1.[H-].[Na+]. The second-order valence-electron chi connectivity index (χ2n) is 6.61. The third-order valence-corrected chi connectivity index (χ3v) is 4.58. The van der Waals surface area contributed by atoms with E-state index in [2.05, 4.69) is 73.7 Å². The molecule has 1 heteroatoms. The maximum atomic E-state index is 2.43. The standard InChI is InChI=1S/C24H32.Na.H/c1-2-3-4-5-6-7-8-9-16-21-24(22-17-12-10-13-18-22)23-19-14-11-15-20-23;;/h10-15,17-21H,2-9,16H2,1H3;;/q;+1;-1. The summed E-state index contributed by atoms with van der Waals surface area (Å²) in [6.07, 6.45) is 14.7. The largest absolute Gasteiger partial charge is 1.00 e. The Hall–Kier alpha value is -0.820. The van der Waals surface area contributed by atoms with Crippen LogP contribution in [0, 0.1) is 0 Å². The zero-order chi connectivity index (χ0) is 16.9. The van der Waals surface area contributed by atoms with Gasteiger partial charge in [-0.25, -0.2) is 0 Å². The van der Waals surface area contributed by atoms with Gasteiger partial charge in [-0.15, -0.1) is 0 Å². The molecule has 0 unspecified atom stereocenters. The second-order valence-corrected chi connectivity index (χ2v) is 6.61. The van der Waals surface area contributed by atoms with Crippen LogP contribution in [0.1, 0.15) is 77.3 Å². The van der Waals surface area contributed by atoms with E-state index in [0.29, 0.717) is 0 Å². The van der Waals surface area contributed by atoms with Gasteiger partial charge in [0.25, 0.3) is 0 Å². The van der Waals surface area contributed by atoms with E-state index in [1.165, 1.54) is 74.5 Å². The molecule has 0 aliphatic carbocycles. The number of rotatable bonds is 11. The van der Waals surface area contributed by atoms with Gasteiger partial charge in [-0.1, -0.05) is 119 Å². The molecular weight excluding hydrogens is 311 g/mol. The smallest absolute Gasteiger partial charge is 1.00 e. The third-order valence-electron chi connectivity index (χ3n) is 4.58. The summed E-state index contributed by atoms with van der Waals surface area (Å²) in [7, 11) is 0. The van der Waals surface area contributed by atoms with E-state index in [-0.39, 0.29) is 31.0 Å². The first-order valence-corrected chi connectivity index (χ1v) is 9.73. The number of benzene rings is 2. The van der Waals surface area contributed by atoms with Gasteiger partial charge in [0.1, 0.15) is 0 Å². The molecule has 2 aromatic carbocycles. The van der Waals surface area contributed by atoms with Crippen LogP contribution in [0.25, 0.3) is 5.57 Å². The van der Waals surface area contributed by atoms with Gasteiger partial charge in [0.2, 0.25) is 0 Å². The van der Waals surface area contributed by atoms with E-state index < -0.39 is 0 Å². The average molecular weight is 345 g/mol. The molecule has 0 radical (unpaired) electrons. The Bertz CT molecular complexity index is 536.